The van der Waals surface area contributed by atoms with Crippen molar-refractivity contribution in [2.45, 2.75) is 38.0 Å². The molecular formula is C25H28FN3O. The number of likely N-dealkylation sites (tertiary alicyclic amines) is 1. The summed E-state index contributed by atoms with van der Waals surface area (Å²) in [6.45, 7) is 2.82. The minimum Gasteiger partial charge on any atom is -0.381 e. The summed E-state index contributed by atoms with van der Waals surface area (Å²) in [5.41, 5.74) is 0.997. The van der Waals surface area contributed by atoms with Gasteiger partial charge in [-0.05, 0) is 24.5 Å². The first-order valence-corrected chi connectivity index (χ1v) is 10.9. The van der Waals surface area contributed by atoms with Gasteiger partial charge in [0.2, 0.25) is 0 Å². The standard InChI is InChI=1S/C25H28FN3O/c26-23-12-5-4-9-20(23)16-28-17-21-10-6-11-22(18-28)25(21,30)24-27-13-14-29(24)15-19-7-2-1-3-8-19/h1-5,7-9,12-14,21-22,30H,6,10-11,15-18H2/t21-,22+,25?. The fraction of sp³-hybridized carbons (Fsp3) is 0.400. The van der Waals surface area contributed by atoms with Gasteiger partial charge < -0.3 is 9.67 Å². The van der Waals surface area contributed by atoms with Gasteiger partial charge in [0.1, 0.15) is 17.2 Å². The quantitative estimate of drug-likeness (QED) is 0.692. The number of imidazole rings is 1. The van der Waals surface area contributed by atoms with Gasteiger partial charge in [-0.2, -0.15) is 0 Å². The molecule has 1 aliphatic carbocycles. The summed E-state index contributed by atoms with van der Waals surface area (Å²) in [6, 6.07) is 17.3. The molecule has 2 aliphatic rings. The summed E-state index contributed by atoms with van der Waals surface area (Å²) in [5, 5.41) is 12.0. The van der Waals surface area contributed by atoms with Crippen molar-refractivity contribution in [3.8, 4) is 0 Å². The van der Waals surface area contributed by atoms with Crippen LogP contribution in [0.2, 0.25) is 0 Å². The van der Waals surface area contributed by atoms with Gasteiger partial charge in [0.05, 0.1) is 0 Å². The Bertz CT molecular complexity index is 988. The SMILES string of the molecule is OC1(c2nccn2Cc2ccccc2)[C@@H]2CCC[C@H]1CN(Cc1ccccc1F)C2. The molecule has 30 heavy (non-hydrogen) atoms. The molecule has 1 unspecified atom stereocenters. The molecule has 2 bridgehead atoms. The summed E-state index contributed by atoms with van der Waals surface area (Å²) in [5.74, 6) is 0.843. The highest BCUT2D eigenvalue weighted by Crippen LogP contribution is 2.49. The average molecular weight is 406 g/mol. The minimum absolute atomic E-state index is 0.105. The van der Waals surface area contributed by atoms with Crippen LogP contribution in [0, 0.1) is 17.7 Å². The van der Waals surface area contributed by atoms with Crippen LogP contribution in [-0.2, 0) is 18.7 Å². The van der Waals surface area contributed by atoms with E-state index in [1.807, 2.05) is 36.5 Å². The van der Waals surface area contributed by atoms with Crippen molar-refractivity contribution in [2.75, 3.05) is 13.1 Å². The van der Waals surface area contributed by atoms with Gasteiger partial charge in [0, 0.05) is 56.0 Å². The number of benzene rings is 2. The van der Waals surface area contributed by atoms with Crippen LogP contribution >= 0.6 is 0 Å². The van der Waals surface area contributed by atoms with E-state index in [1.165, 1.54) is 11.6 Å². The Morgan fingerprint density at radius 2 is 1.67 bits per heavy atom. The first-order chi connectivity index (χ1) is 14.6. The van der Waals surface area contributed by atoms with Crippen molar-refractivity contribution in [1.82, 2.24) is 14.5 Å². The van der Waals surface area contributed by atoms with Crippen LogP contribution in [0.25, 0.3) is 0 Å². The molecule has 3 aromatic rings. The van der Waals surface area contributed by atoms with Crippen LogP contribution in [0.4, 0.5) is 4.39 Å². The summed E-state index contributed by atoms with van der Waals surface area (Å²) < 4.78 is 16.3. The Hall–Kier alpha value is -2.50. The van der Waals surface area contributed by atoms with Gasteiger partial charge in [0.15, 0.2) is 0 Å². The third-order valence-corrected chi connectivity index (χ3v) is 6.93. The first-order valence-electron chi connectivity index (χ1n) is 10.9. The van der Waals surface area contributed by atoms with Crippen molar-refractivity contribution >= 4 is 0 Å². The first kappa shape index (κ1) is 19.5. The number of halogens is 1. The highest BCUT2D eigenvalue weighted by Gasteiger charge is 2.53. The molecule has 2 heterocycles. The Morgan fingerprint density at radius 3 is 2.40 bits per heavy atom. The summed E-state index contributed by atoms with van der Waals surface area (Å²) >= 11 is 0. The molecular weight excluding hydrogens is 377 g/mol. The van der Waals surface area contributed by atoms with Gasteiger partial charge in [-0.15, -0.1) is 0 Å². The van der Waals surface area contributed by atoms with Crippen LogP contribution in [0.1, 0.15) is 36.2 Å². The molecule has 5 heteroatoms. The second kappa shape index (κ2) is 7.97. The third kappa shape index (κ3) is 3.46. The zero-order valence-electron chi connectivity index (χ0n) is 17.1. The summed E-state index contributed by atoms with van der Waals surface area (Å²) in [7, 11) is 0. The van der Waals surface area contributed by atoms with Crippen LogP contribution in [-0.4, -0.2) is 32.6 Å². The van der Waals surface area contributed by atoms with E-state index >= 15 is 0 Å². The van der Waals surface area contributed by atoms with E-state index in [2.05, 4.69) is 26.6 Å². The molecule has 1 aromatic heterocycles. The number of piperidine rings is 1. The molecule has 2 fully saturated rings. The number of hydrogen-bond acceptors (Lipinski definition) is 3. The lowest BCUT2D eigenvalue weighted by Gasteiger charge is -2.52. The van der Waals surface area contributed by atoms with Crippen LogP contribution in [0.5, 0.6) is 0 Å². The van der Waals surface area contributed by atoms with E-state index in [0.29, 0.717) is 13.1 Å². The van der Waals surface area contributed by atoms with Crippen LogP contribution in [0.15, 0.2) is 67.0 Å². The highest BCUT2D eigenvalue weighted by atomic mass is 19.1. The summed E-state index contributed by atoms with van der Waals surface area (Å²) in [6.07, 6.45) is 6.85. The van der Waals surface area contributed by atoms with Crippen molar-refractivity contribution in [2.24, 2.45) is 11.8 Å². The van der Waals surface area contributed by atoms with Gasteiger partial charge in [-0.3, -0.25) is 4.90 Å². The van der Waals surface area contributed by atoms with Crippen molar-refractivity contribution in [3.05, 3.63) is 89.8 Å². The Balaban J connectivity index is 1.40. The molecule has 2 aromatic carbocycles. The fourth-order valence-electron chi connectivity index (χ4n) is 5.47. The highest BCUT2D eigenvalue weighted by molar-refractivity contribution is 5.21. The molecule has 0 radical (unpaired) electrons. The van der Waals surface area contributed by atoms with Crippen LogP contribution < -0.4 is 0 Å². The fourth-order valence-corrected chi connectivity index (χ4v) is 5.47. The zero-order chi connectivity index (χ0) is 20.6. The number of aliphatic hydroxyl groups is 1. The topological polar surface area (TPSA) is 41.3 Å². The lowest BCUT2D eigenvalue weighted by molar-refractivity contribution is -0.155. The number of hydrogen-bond donors (Lipinski definition) is 1. The van der Waals surface area contributed by atoms with Crippen molar-refractivity contribution in [1.29, 1.82) is 0 Å². The van der Waals surface area contributed by atoms with Gasteiger partial charge >= 0.3 is 0 Å². The Kier molecular flexibility index (Phi) is 5.17. The zero-order valence-corrected chi connectivity index (χ0v) is 17.1. The number of rotatable bonds is 5. The maximum absolute atomic E-state index is 14.2. The lowest BCUT2D eigenvalue weighted by atomic mass is 9.65. The summed E-state index contributed by atoms with van der Waals surface area (Å²) in [4.78, 5) is 6.96. The monoisotopic (exact) mass is 405 g/mol. The largest absolute Gasteiger partial charge is 0.381 e. The van der Waals surface area contributed by atoms with Gasteiger partial charge in [-0.25, -0.2) is 9.37 Å². The molecule has 1 saturated carbocycles. The van der Waals surface area contributed by atoms with E-state index in [-0.39, 0.29) is 17.7 Å². The van der Waals surface area contributed by atoms with E-state index < -0.39 is 5.60 Å². The second-order valence-electron chi connectivity index (χ2n) is 8.80. The van der Waals surface area contributed by atoms with Crippen LogP contribution in [0.3, 0.4) is 0 Å². The van der Waals surface area contributed by atoms with Gasteiger partial charge in [0.25, 0.3) is 0 Å². The van der Waals surface area contributed by atoms with Crippen molar-refractivity contribution < 1.29 is 9.50 Å². The molecule has 3 atom stereocenters. The normalized spacial score (nSPS) is 26.6. The van der Waals surface area contributed by atoms with E-state index in [1.54, 1.807) is 12.3 Å². The van der Waals surface area contributed by atoms with E-state index in [9.17, 15) is 9.50 Å². The van der Waals surface area contributed by atoms with E-state index in [4.69, 9.17) is 0 Å². The number of nitrogens with zero attached hydrogens (tertiary/aromatic N) is 3. The minimum atomic E-state index is -0.928. The van der Waals surface area contributed by atoms with Gasteiger partial charge in [-0.1, -0.05) is 55.0 Å². The smallest absolute Gasteiger partial charge is 0.141 e. The predicted molar refractivity (Wildman–Crippen MR) is 114 cm³/mol. The number of fused-ring (bicyclic) bond motifs is 2. The second-order valence-corrected chi connectivity index (χ2v) is 8.80. The molecule has 156 valence electrons. The van der Waals surface area contributed by atoms with Crippen molar-refractivity contribution in [3.63, 3.8) is 0 Å². The van der Waals surface area contributed by atoms with E-state index in [0.717, 1.165) is 43.7 Å². The maximum Gasteiger partial charge on any atom is 0.141 e. The predicted octanol–water partition coefficient (Wildman–Crippen LogP) is 4.19. The molecule has 4 nitrogen and oxygen atoms in total. The Labute approximate surface area is 177 Å². The lowest BCUT2D eigenvalue weighted by Crippen LogP contribution is -2.58. The Morgan fingerprint density at radius 1 is 0.967 bits per heavy atom. The molecule has 1 N–H and O–H groups in total. The molecule has 0 amide bonds. The molecule has 0 spiro atoms. The number of aromatic nitrogens is 2. The third-order valence-electron chi connectivity index (χ3n) is 6.93. The molecule has 5 rings (SSSR count). The average Bonchev–Trinajstić information content (AvgIpc) is 3.20. The molecule has 1 saturated heterocycles. The molecule has 1 aliphatic heterocycles. The maximum atomic E-state index is 14.2.